The monoisotopic (exact) mass is 144 g/mol. The summed E-state index contributed by atoms with van der Waals surface area (Å²) in [4.78, 5) is 3.91. The SMILES string of the molecule is Oc1ccc2c[c]ccc2n1. The van der Waals surface area contributed by atoms with Crippen LogP contribution in [-0.2, 0) is 0 Å². The second-order valence-corrected chi connectivity index (χ2v) is 2.29. The molecule has 0 saturated heterocycles. The molecule has 0 aliphatic rings. The maximum atomic E-state index is 9.01. The minimum atomic E-state index is 0.0590. The van der Waals surface area contributed by atoms with Crippen molar-refractivity contribution in [2.75, 3.05) is 0 Å². The number of hydrogen-bond donors (Lipinski definition) is 1. The van der Waals surface area contributed by atoms with E-state index in [-0.39, 0.29) is 5.88 Å². The minimum Gasteiger partial charge on any atom is -0.493 e. The van der Waals surface area contributed by atoms with E-state index in [0.29, 0.717) is 0 Å². The molecule has 0 aliphatic carbocycles. The van der Waals surface area contributed by atoms with Crippen molar-refractivity contribution in [1.29, 1.82) is 0 Å². The van der Waals surface area contributed by atoms with Crippen LogP contribution >= 0.6 is 0 Å². The Labute approximate surface area is 64.1 Å². The van der Waals surface area contributed by atoms with Crippen LogP contribution in [0.4, 0.5) is 0 Å². The van der Waals surface area contributed by atoms with Gasteiger partial charge in [0.1, 0.15) is 0 Å². The Morgan fingerprint density at radius 1 is 1.27 bits per heavy atom. The van der Waals surface area contributed by atoms with E-state index >= 15 is 0 Å². The molecular formula is C9H6NO. The summed E-state index contributed by atoms with van der Waals surface area (Å²) in [5.41, 5.74) is 0.795. The number of hydrogen-bond acceptors (Lipinski definition) is 2. The highest BCUT2D eigenvalue weighted by Gasteiger charge is 1.92. The van der Waals surface area contributed by atoms with Crippen molar-refractivity contribution in [2.24, 2.45) is 0 Å². The molecule has 0 unspecified atom stereocenters. The molecule has 2 rings (SSSR count). The van der Waals surface area contributed by atoms with Gasteiger partial charge in [-0.15, -0.1) is 0 Å². The molecule has 0 amide bonds. The number of fused-ring (bicyclic) bond motifs is 1. The van der Waals surface area contributed by atoms with E-state index in [1.807, 2.05) is 18.2 Å². The van der Waals surface area contributed by atoms with Crippen LogP contribution in [0.3, 0.4) is 0 Å². The summed E-state index contributed by atoms with van der Waals surface area (Å²) < 4.78 is 0. The highest BCUT2D eigenvalue weighted by atomic mass is 16.3. The van der Waals surface area contributed by atoms with Gasteiger partial charge in [-0.2, -0.15) is 0 Å². The van der Waals surface area contributed by atoms with Gasteiger partial charge in [0.2, 0.25) is 5.88 Å². The Morgan fingerprint density at radius 2 is 2.18 bits per heavy atom. The van der Waals surface area contributed by atoms with E-state index in [4.69, 9.17) is 5.11 Å². The summed E-state index contributed by atoms with van der Waals surface area (Å²) in [6.45, 7) is 0. The standard InChI is InChI=1S/C9H6NO/c11-9-6-5-7-3-1-2-4-8(7)10-9/h2-6H,(H,10,11). The molecule has 11 heavy (non-hydrogen) atoms. The molecule has 0 bridgehead atoms. The lowest BCUT2D eigenvalue weighted by atomic mass is 10.2. The average Bonchev–Trinajstić information content (AvgIpc) is 2.04. The van der Waals surface area contributed by atoms with Crippen molar-refractivity contribution in [3.05, 3.63) is 36.4 Å². The molecule has 0 saturated carbocycles. The molecule has 1 heterocycles. The van der Waals surface area contributed by atoms with Gasteiger partial charge in [0, 0.05) is 11.5 Å². The Morgan fingerprint density at radius 3 is 3.09 bits per heavy atom. The zero-order valence-electron chi connectivity index (χ0n) is 5.78. The zero-order valence-corrected chi connectivity index (χ0v) is 5.78. The molecule has 1 aromatic heterocycles. The number of rotatable bonds is 0. The van der Waals surface area contributed by atoms with Gasteiger partial charge in [0.05, 0.1) is 5.52 Å². The Hall–Kier alpha value is -1.57. The fourth-order valence-corrected chi connectivity index (χ4v) is 0.995. The first-order chi connectivity index (χ1) is 5.36. The van der Waals surface area contributed by atoms with E-state index in [1.54, 1.807) is 12.1 Å². The number of aromatic hydroxyl groups is 1. The summed E-state index contributed by atoms with van der Waals surface area (Å²) in [7, 11) is 0. The van der Waals surface area contributed by atoms with Gasteiger partial charge in [-0.3, -0.25) is 0 Å². The topological polar surface area (TPSA) is 33.1 Å². The number of pyridine rings is 1. The Kier molecular flexibility index (Phi) is 1.25. The first-order valence-corrected chi connectivity index (χ1v) is 3.32. The Balaban J connectivity index is 2.83. The van der Waals surface area contributed by atoms with E-state index < -0.39 is 0 Å². The van der Waals surface area contributed by atoms with E-state index in [2.05, 4.69) is 11.1 Å². The minimum absolute atomic E-state index is 0.0590. The van der Waals surface area contributed by atoms with Crippen LogP contribution in [0.1, 0.15) is 0 Å². The molecule has 53 valence electrons. The molecule has 2 aromatic rings. The molecule has 0 atom stereocenters. The largest absolute Gasteiger partial charge is 0.493 e. The van der Waals surface area contributed by atoms with Gasteiger partial charge in [0.25, 0.3) is 0 Å². The number of aromatic nitrogens is 1. The van der Waals surface area contributed by atoms with Crippen molar-refractivity contribution < 1.29 is 5.11 Å². The lowest BCUT2D eigenvalue weighted by molar-refractivity contribution is 0.456. The zero-order chi connectivity index (χ0) is 7.68. The maximum absolute atomic E-state index is 9.01. The van der Waals surface area contributed by atoms with Crippen molar-refractivity contribution in [1.82, 2.24) is 4.98 Å². The number of benzene rings is 1. The predicted molar refractivity (Wildman–Crippen MR) is 42.2 cm³/mol. The van der Waals surface area contributed by atoms with Crippen molar-refractivity contribution in [2.45, 2.75) is 0 Å². The van der Waals surface area contributed by atoms with Crippen LogP contribution in [0.2, 0.25) is 0 Å². The van der Waals surface area contributed by atoms with Crippen molar-refractivity contribution in [3.63, 3.8) is 0 Å². The van der Waals surface area contributed by atoms with Crippen molar-refractivity contribution >= 4 is 10.9 Å². The van der Waals surface area contributed by atoms with Crippen LogP contribution in [0.25, 0.3) is 10.9 Å². The van der Waals surface area contributed by atoms with Gasteiger partial charge in [-0.1, -0.05) is 6.07 Å². The maximum Gasteiger partial charge on any atom is 0.211 e. The Bertz CT molecular complexity index is 384. The molecule has 1 radical (unpaired) electrons. The van der Waals surface area contributed by atoms with E-state index in [0.717, 1.165) is 10.9 Å². The summed E-state index contributed by atoms with van der Waals surface area (Å²) in [6.07, 6.45) is 0. The van der Waals surface area contributed by atoms with Crippen molar-refractivity contribution in [3.8, 4) is 5.88 Å². The molecule has 2 nitrogen and oxygen atoms in total. The second-order valence-electron chi connectivity index (χ2n) is 2.29. The lowest BCUT2D eigenvalue weighted by Gasteiger charge is -1.94. The van der Waals surface area contributed by atoms with Gasteiger partial charge in [0.15, 0.2) is 0 Å². The smallest absolute Gasteiger partial charge is 0.211 e. The van der Waals surface area contributed by atoms with Crippen LogP contribution in [0, 0.1) is 6.07 Å². The molecule has 0 spiro atoms. The van der Waals surface area contributed by atoms with Crippen LogP contribution in [0.15, 0.2) is 30.3 Å². The summed E-state index contributed by atoms with van der Waals surface area (Å²) in [5.74, 6) is 0.0590. The average molecular weight is 144 g/mol. The van der Waals surface area contributed by atoms with E-state index in [1.165, 1.54) is 0 Å². The molecule has 1 aromatic carbocycles. The fraction of sp³-hybridized carbons (Fsp3) is 0. The van der Waals surface area contributed by atoms with Gasteiger partial charge < -0.3 is 5.11 Å². The first kappa shape index (κ1) is 6.16. The van der Waals surface area contributed by atoms with Gasteiger partial charge >= 0.3 is 0 Å². The highest BCUT2D eigenvalue weighted by Crippen LogP contribution is 2.13. The second kappa shape index (κ2) is 2.23. The molecular weight excluding hydrogens is 138 g/mol. The molecule has 0 fully saturated rings. The third kappa shape index (κ3) is 1.03. The first-order valence-electron chi connectivity index (χ1n) is 3.32. The molecule has 2 heteroatoms. The van der Waals surface area contributed by atoms with E-state index in [9.17, 15) is 0 Å². The quantitative estimate of drug-likeness (QED) is 0.611. The summed E-state index contributed by atoms with van der Waals surface area (Å²) in [6, 6.07) is 11.7. The highest BCUT2D eigenvalue weighted by molar-refractivity contribution is 5.78. The van der Waals surface area contributed by atoms with Gasteiger partial charge in [-0.05, 0) is 24.3 Å². The van der Waals surface area contributed by atoms with Crippen LogP contribution in [-0.4, -0.2) is 10.1 Å². The summed E-state index contributed by atoms with van der Waals surface area (Å²) >= 11 is 0. The normalized spacial score (nSPS) is 10.2. The van der Waals surface area contributed by atoms with Gasteiger partial charge in [-0.25, -0.2) is 4.98 Å². The molecule has 0 aliphatic heterocycles. The third-order valence-corrected chi connectivity index (χ3v) is 1.52. The third-order valence-electron chi connectivity index (χ3n) is 1.52. The number of nitrogens with zero attached hydrogens (tertiary/aromatic N) is 1. The summed E-state index contributed by atoms with van der Waals surface area (Å²) in [5, 5.41) is 10.00. The fourth-order valence-electron chi connectivity index (χ4n) is 0.995. The predicted octanol–water partition coefficient (Wildman–Crippen LogP) is 1.74. The molecule has 1 N–H and O–H groups in total. The van der Waals surface area contributed by atoms with Crippen LogP contribution < -0.4 is 0 Å². The lowest BCUT2D eigenvalue weighted by Crippen LogP contribution is -1.76. The van der Waals surface area contributed by atoms with Crippen LogP contribution in [0.5, 0.6) is 5.88 Å².